The van der Waals surface area contributed by atoms with E-state index in [4.69, 9.17) is 5.11 Å². The molecular formula is C11H20N2O3. The van der Waals surface area contributed by atoms with Gasteiger partial charge >= 0.3 is 5.97 Å². The van der Waals surface area contributed by atoms with Gasteiger partial charge < -0.3 is 10.0 Å². The number of hydrogen-bond acceptors (Lipinski definition) is 3. The second kappa shape index (κ2) is 5.84. The van der Waals surface area contributed by atoms with Crippen LogP contribution < -0.4 is 0 Å². The van der Waals surface area contributed by atoms with Gasteiger partial charge in [0.25, 0.3) is 0 Å². The van der Waals surface area contributed by atoms with E-state index >= 15 is 0 Å². The van der Waals surface area contributed by atoms with Crippen molar-refractivity contribution < 1.29 is 14.7 Å². The number of carbonyl (C=O) groups excluding carboxylic acids is 1. The topological polar surface area (TPSA) is 60.9 Å². The molecule has 1 aliphatic heterocycles. The molecule has 16 heavy (non-hydrogen) atoms. The Morgan fingerprint density at radius 3 is 2.25 bits per heavy atom. The highest BCUT2D eigenvalue weighted by Gasteiger charge is 2.24. The molecule has 0 aromatic heterocycles. The second-order valence-electron chi connectivity index (χ2n) is 4.24. The number of carbonyl (C=O) groups is 2. The Morgan fingerprint density at radius 2 is 1.81 bits per heavy atom. The molecule has 0 spiro atoms. The first-order valence-corrected chi connectivity index (χ1v) is 5.78. The first-order valence-electron chi connectivity index (χ1n) is 5.78. The lowest BCUT2D eigenvalue weighted by Crippen LogP contribution is -2.51. The van der Waals surface area contributed by atoms with Gasteiger partial charge in [-0.25, -0.2) is 0 Å². The summed E-state index contributed by atoms with van der Waals surface area (Å²) >= 11 is 0. The minimum absolute atomic E-state index is 0.267. The highest BCUT2D eigenvalue weighted by Crippen LogP contribution is 2.09. The molecule has 5 heteroatoms. The van der Waals surface area contributed by atoms with Crippen LogP contribution in [-0.2, 0) is 9.59 Å². The number of piperazine rings is 1. The van der Waals surface area contributed by atoms with Gasteiger partial charge in [-0.15, -0.1) is 0 Å². The molecule has 1 unspecified atom stereocenters. The van der Waals surface area contributed by atoms with Crippen LogP contribution in [0, 0.1) is 0 Å². The number of amides is 1. The largest absolute Gasteiger partial charge is 0.481 e. The Hall–Kier alpha value is -1.10. The molecule has 0 aromatic carbocycles. The molecule has 0 bridgehead atoms. The van der Waals surface area contributed by atoms with E-state index < -0.39 is 5.97 Å². The Balaban J connectivity index is 2.37. The van der Waals surface area contributed by atoms with E-state index in [1.807, 2.05) is 0 Å². The molecule has 1 rings (SSSR count). The fourth-order valence-electron chi connectivity index (χ4n) is 1.91. The lowest BCUT2D eigenvalue weighted by molar-refractivity contribution is -0.145. The molecule has 1 saturated heterocycles. The summed E-state index contributed by atoms with van der Waals surface area (Å²) in [5.41, 5.74) is 0. The number of carboxylic acids is 1. The lowest BCUT2D eigenvalue weighted by Gasteiger charge is -2.37. The standard InChI is InChI=1S/C11H20N2O3/c1-3-9(2)12-4-6-13(7-5-12)10(14)8-11(15)16/h9H,3-8H2,1-2H3,(H,15,16). The zero-order valence-corrected chi connectivity index (χ0v) is 9.98. The quantitative estimate of drug-likeness (QED) is 0.708. The van der Waals surface area contributed by atoms with Crippen LogP contribution in [-0.4, -0.2) is 59.0 Å². The Kier molecular flexibility index (Phi) is 4.73. The van der Waals surface area contributed by atoms with Crippen LogP contribution in [0.4, 0.5) is 0 Å². The Bertz CT molecular complexity index is 260. The maximum Gasteiger partial charge on any atom is 0.312 e. The van der Waals surface area contributed by atoms with Crippen molar-refractivity contribution in [2.75, 3.05) is 26.2 Å². The van der Waals surface area contributed by atoms with Crippen molar-refractivity contribution >= 4 is 11.9 Å². The highest BCUT2D eigenvalue weighted by atomic mass is 16.4. The minimum atomic E-state index is -1.05. The third-order valence-electron chi connectivity index (χ3n) is 3.18. The van der Waals surface area contributed by atoms with Crippen molar-refractivity contribution in [1.29, 1.82) is 0 Å². The molecule has 1 amide bonds. The van der Waals surface area contributed by atoms with Crippen molar-refractivity contribution in [2.45, 2.75) is 32.7 Å². The van der Waals surface area contributed by atoms with E-state index in [2.05, 4.69) is 18.7 Å². The van der Waals surface area contributed by atoms with Gasteiger partial charge in [-0.05, 0) is 13.3 Å². The first-order chi connectivity index (χ1) is 7.54. The molecule has 1 N–H and O–H groups in total. The number of hydrogen-bond donors (Lipinski definition) is 1. The Morgan fingerprint density at radius 1 is 1.25 bits per heavy atom. The van der Waals surface area contributed by atoms with Gasteiger partial charge in [-0.1, -0.05) is 6.92 Å². The van der Waals surface area contributed by atoms with E-state index in [1.54, 1.807) is 4.90 Å². The normalized spacial score (nSPS) is 19.5. The van der Waals surface area contributed by atoms with E-state index in [0.29, 0.717) is 19.1 Å². The summed E-state index contributed by atoms with van der Waals surface area (Å²) < 4.78 is 0. The molecule has 1 fully saturated rings. The molecule has 0 aliphatic carbocycles. The van der Waals surface area contributed by atoms with Crippen molar-refractivity contribution in [1.82, 2.24) is 9.80 Å². The van der Waals surface area contributed by atoms with Crippen molar-refractivity contribution in [3.63, 3.8) is 0 Å². The minimum Gasteiger partial charge on any atom is -0.481 e. The third kappa shape index (κ3) is 3.48. The summed E-state index contributed by atoms with van der Waals surface area (Å²) in [6.07, 6.45) is 0.715. The van der Waals surface area contributed by atoms with E-state index in [0.717, 1.165) is 19.5 Å². The summed E-state index contributed by atoms with van der Waals surface area (Å²) in [6, 6.07) is 0.539. The number of nitrogens with zero attached hydrogens (tertiary/aromatic N) is 2. The summed E-state index contributed by atoms with van der Waals surface area (Å²) in [5, 5.41) is 8.53. The van der Waals surface area contributed by atoms with Gasteiger partial charge in [0.05, 0.1) is 0 Å². The summed E-state index contributed by atoms with van der Waals surface area (Å²) in [4.78, 5) is 25.9. The summed E-state index contributed by atoms with van der Waals surface area (Å²) in [6.45, 7) is 7.31. The number of aliphatic carboxylic acids is 1. The molecule has 1 aliphatic rings. The second-order valence-corrected chi connectivity index (χ2v) is 4.24. The van der Waals surface area contributed by atoms with E-state index in [1.165, 1.54) is 0 Å². The number of rotatable bonds is 4. The van der Waals surface area contributed by atoms with Gasteiger partial charge in [0.15, 0.2) is 0 Å². The molecule has 92 valence electrons. The number of carboxylic acid groups (broad SMARTS) is 1. The van der Waals surface area contributed by atoms with Crippen LogP contribution in [0.2, 0.25) is 0 Å². The summed E-state index contributed by atoms with van der Waals surface area (Å²) in [7, 11) is 0. The van der Waals surface area contributed by atoms with Gasteiger partial charge in [-0.3, -0.25) is 14.5 Å². The molecule has 0 saturated carbocycles. The summed E-state index contributed by atoms with van der Waals surface area (Å²) in [5.74, 6) is -1.31. The van der Waals surface area contributed by atoms with Crippen molar-refractivity contribution in [2.24, 2.45) is 0 Å². The zero-order chi connectivity index (χ0) is 12.1. The maximum absolute atomic E-state index is 11.5. The fraction of sp³-hybridized carbons (Fsp3) is 0.818. The third-order valence-corrected chi connectivity index (χ3v) is 3.18. The van der Waals surface area contributed by atoms with Crippen LogP contribution in [0.25, 0.3) is 0 Å². The van der Waals surface area contributed by atoms with Gasteiger partial charge in [0, 0.05) is 32.2 Å². The smallest absolute Gasteiger partial charge is 0.312 e. The molecule has 1 atom stereocenters. The fourth-order valence-corrected chi connectivity index (χ4v) is 1.91. The van der Waals surface area contributed by atoms with Crippen LogP contribution in [0.3, 0.4) is 0 Å². The van der Waals surface area contributed by atoms with Crippen LogP contribution in [0.15, 0.2) is 0 Å². The van der Waals surface area contributed by atoms with Gasteiger partial charge in [-0.2, -0.15) is 0 Å². The van der Waals surface area contributed by atoms with Crippen LogP contribution in [0.5, 0.6) is 0 Å². The molecule has 1 heterocycles. The molecule has 5 nitrogen and oxygen atoms in total. The monoisotopic (exact) mass is 228 g/mol. The zero-order valence-electron chi connectivity index (χ0n) is 9.98. The SMILES string of the molecule is CCC(C)N1CCN(C(=O)CC(=O)O)CC1. The van der Waals surface area contributed by atoms with Crippen molar-refractivity contribution in [3.05, 3.63) is 0 Å². The van der Waals surface area contributed by atoms with Gasteiger partial charge in [0.1, 0.15) is 6.42 Å². The van der Waals surface area contributed by atoms with E-state index in [9.17, 15) is 9.59 Å². The molecule has 0 radical (unpaired) electrons. The lowest BCUT2D eigenvalue weighted by atomic mass is 10.2. The predicted molar refractivity (Wildman–Crippen MR) is 60.2 cm³/mol. The van der Waals surface area contributed by atoms with Crippen molar-refractivity contribution in [3.8, 4) is 0 Å². The van der Waals surface area contributed by atoms with Gasteiger partial charge in [0.2, 0.25) is 5.91 Å². The average molecular weight is 228 g/mol. The highest BCUT2D eigenvalue weighted by molar-refractivity contribution is 5.93. The first kappa shape index (κ1) is 13.0. The average Bonchev–Trinajstić information content (AvgIpc) is 2.27. The van der Waals surface area contributed by atoms with E-state index in [-0.39, 0.29) is 12.3 Å². The van der Waals surface area contributed by atoms with Crippen LogP contribution >= 0.6 is 0 Å². The molecular weight excluding hydrogens is 208 g/mol. The van der Waals surface area contributed by atoms with Crippen LogP contribution in [0.1, 0.15) is 26.7 Å². The maximum atomic E-state index is 11.5. The molecule has 0 aromatic rings. The Labute approximate surface area is 96.0 Å². The predicted octanol–water partition coefficient (Wildman–Crippen LogP) is 0.404.